The van der Waals surface area contributed by atoms with E-state index in [0.717, 1.165) is 12.2 Å². The van der Waals surface area contributed by atoms with E-state index in [1.165, 1.54) is 0 Å². The molecular formula is C5H12ClNOS. The Morgan fingerprint density at radius 2 is 2.22 bits per heavy atom. The van der Waals surface area contributed by atoms with Gasteiger partial charge in [0.2, 0.25) is 5.91 Å². The van der Waals surface area contributed by atoms with Gasteiger partial charge in [-0.05, 0) is 18.4 Å². The number of halogens is 1. The Morgan fingerprint density at radius 3 is 2.56 bits per heavy atom. The van der Waals surface area contributed by atoms with Gasteiger partial charge < -0.3 is 5.73 Å². The van der Waals surface area contributed by atoms with Crippen molar-refractivity contribution in [1.82, 2.24) is 0 Å². The molecule has 2 nitrogen and oxygen atoms in total. The lowest BCUT2D eigenvalue weighted by molar-refractivity contribution is -0.118. The van der Waals surface area contributed by atoms with Crippen LogP contribution in [0.3, 0.4) is 0 Å². The third-order valence-electron chi connectivity index (χ3n) is 0.772. The standard InChI is InChI=1S/C5H11NOS.ClH/c1-8-4-2-3-5(6)7;/h2-4H2,1H3,(H2,6,7);1H. The predicted molar refractivity (Wildman–Crippen MR) is 44.1 cm³/mol. The maximum atomic E-state index is 10.1. The number of hydrogen-bond donors (Lipinski definition) is 1. The fourth-order valence-electron chi connectivity index (χ4n) is 0.391. The molecule has 0 aromatic rings. The minimum atomic E-state index is -0.195. The molecule has 0 rings (SSSR count). The molecule has 0 atom stereocenters. The summed E-state index contributed by atoms with van der Waals surface area (Å²) in [6.45, 7) is 0. The van der Waals surface area contributed by atoms with E-state index in [9.17, 15) is 4.79 Å². The Bertz CT molecular complexity index is 79.4. The normalized spacial score (nSPS) is 8.11. The van der Waals surface area contributed by atoms with E-state index in [4.69, 9.17) is 5.73 Å². The van der Waals surface area contributed by atoms with Crippen molar-refractivity contribution in [3.8, 4) is 0 Å². The smallest absolute Gasteiger partial charge is 0.217 e. The van der Waals surface area contributed by atoms with Gasteiger partial charge in [0.1, 0.15) is 0 Å². The van der Waals surface area contributed by atoms with Crippen LogP contribution in [-0.2, 0) is 4.79 Å². The summed E-state index contributed by atoms with van der Waals surface area (Å²) >= 11 is 1.74. The van der Waals surface area contributed by atoms with E-state index in [2.05, 4.69) is 0 Å². The van der Waals surface area contributed by atoms with Crippen LogP contribution in [0.1, 0.15) is 12.8 Å². The molecule has 0 radical (unpaired) electrons. The SMILES string of the molecule is CSCCCC(N)=O.Cl. The van der Waals surface area contributed by atoms with Crippen LogP contribution in [0.5, 0.6) is 0 Å². The van der Waals surface area contributed by atoms with E-state index in [-0.39, 0.29) is 18.3 Å². The van der Waals surface area contributed by atoms with Gasteiger partial charge in [0.05, 0.1) is 0 Å². The number of rotatable bonds is 4. The molecule has 0 fully saturated rings. The molecule has 9 heavy (non-hydrogen) atoms. The highest BCUT2D eigenvalue weighted by Gasteiger charge is 1.90. The maximum absolute atomic E-state index is 10.1. The zero-order valence-electron chi connectivity index (χ0n) is 5.42. The molecule has 56 valence electrons. The molecule has 4 heteroatoms. The molecule has 0 aromatic carbocycles. The summed E-state index contributed by atoms with van der Waals surface area (Å²) in [4.78, 5) is 10.1. The molecule has 0 bridgehead atoms. The van der Waals surface area contributed by atoms with Crippen molar-refractivity contribution in [1.29, 1.82) is 0 Å². The number of thioether (sulfide) groups is 1. The van der Waals surface area contributed by atoms with Crippen LogP contribution in [0.2, 0.25) is 0 Å². The lowest BCUT2D eigenvalue weighted by atomic mass is 10.3. The first-order chi connectivity index (χ1) is 3.77. The second-order valence-corrected chi connectivity index (χ2v) is 2.55. The van der Waals surface area contributed by atoms with Crippen molar-refractivity contribution in [2.45, 2.75) is 12.8 Å². The first-order valence-electron chi connectivity index (χ1n) is 2.54. The molecule has 2 N–H and O–H groups in total. The Kier molecular flexibility index (Phi) is 10.7. The number of hydrogen-bond acceptors (Lipinski definition) is 2. The average Bonchev–Trinajstić information content (AvgIpc) is 1.66. The summed E-state index contributed by atoms with van der Waals surface area (Å²) in [5.41, 5.74) is 4.89. The van der Waals surface area contributed by atoms with Gasteiger partial charge in [0, 0.05) is 6.42 Å². The number of carbonyl (C=O) groups is 1. The third kappa shape index (κ3) is 11.6. The van der Waals surface area contributed by atoms with Crippen LogP contribution in [0.25, 0.3) is 0 Å². The van der Waals surface area contributed by atoms with E-state index in [0.29, 0.717) is 6.42 Å². The van der Waals surface area contributed by atoms with Gasteiger partial charge in [-0.2, -0.15) is 11.8 Å². The number of primary amides is 1. The van der Waals surface area contributed by atoms with Gasteiger partial charge in [0.15, 0.2) is 0 Å². The van der Waals surface area contributed by atoms with Gasteiger partial charge in [-0.1, -0.05) is 0 Å². The van der Waals surface area contributed by atoms with E-state index >= 15 is 0 Å². The first-order valence-corrected chi connectivity index (χ1v) is 3.94. The number of nitrogens with two attached hydrogens (primary N) is 1. The minimum Gasteiger partial charge on any atom is -0.370 e. The topological polar surface area (TPSA) is 43.1 Å². The van der Waals surface area contributed by atoms with Crippen LogP contribution in [0, 0.1) is 0 Å². The Hall–Kier alpha value is 0.110. The molecular weight excluding hydrogens is 158 g/mol. The predicted octanol–water partition coefficient (Wildman–Crippen LogP) is 1.04. The number of carbonyl (C=O) groups excluding carboxylic acids is 1. The number of amides is 1. The summed E-state index contributed by atoms with van der Waals surface area (Å²) in [5.74, 6) is 0.835. The largest absolute Gasteiger partial charge is 0.370 e. The van der Waals surface area contributed by atoms with Crippen molar-refractivity contribution >= 4 is 30.1 Å². The lowest BCUT2D eigenvalue weighted by Crippen LogP contribution is -2.09. The Balaban J connectivity index is 0. The monoisotopic (exact) mass is 169 g/mol. The molecule has 0 aliphatic carbocycles. The Morgan fingerprint density at radius 1 is 1.67 bits per heavy atom. The molecule has 0 saturated heterocycles. The average molecular weight is 170 g/mol. The molecule has 0 spiro atoms. The summed E-state index contributed by atoms with van der Waals surface area (Å²) in [6, 6.07) is 0. The van der Waals surface area contributed by atoms with Gasteiger partial charge in [-0.25, -0.2) is 0 Å². The molecule has 0 unspecified atom stereocenters. The molecule has 1 amide bonds. The van der Waals surface area contributed by atoms with Gasteiger partial charge >= 0.3 is 0 Å². The fraction of sp³-hybridized carbons (Fsp3) is 0.800. The summed E-state index contributed by atoms with van der Waals surface area (Å²) < 4.78 is 0. The Labute approximate surface area is 66.0 Å². The quantitative estimate of drug-likeness (QED) is 0.640. The van der Waals surface area contributed by atoms with Crippen molar-refractivity contribution in [2.75, 3.05) is 12.0 Å². The van der Waals surface area contributed by atoms with Gasteiger partial charge in [-0.15, -0.1) is 12.4 Å². The third-order valence-corrected chi connectivity index (χ3v) is 1.47. The van der Waals surface area contributed by atoms with Gasteiger partial charge in [0.25, 0.3) is 0 Å². The second-order valence-electron chi connectivity index (χ2n) is 1.56. The van der Waals surface area contributed by atoms with Crippen molar-refractivity contribution in [3.63, 3.8) is 0 Å². The summed E-state index contributed by atoms with van der Waals surface area (Å²) in [7, 11) is 0. The highest BCUT2D eigenvalue weighted by atomic mass is 35.5. The molecule has 0 aromatic heterocycles. The van der Waals surface area contributed by atoms with Crippen molar-refractivity contribution < 1.29 is 4.79 Å². The molecule has 0 saturated carbocycles. The summed E-state index contributed by atoms with van der Waals surface area (Å²) in [6.07, 6.45) is 3.46. The van der Waals surface area contributed by atoms with Crippen LogP contribution in [0.4, 0.5) is 0 Å². The molecule has 0 aliphatic rings. The lowest BCUT2D eigenvalue weighted by Gasteiger charge is -1.90. The van der Waals surface area contributed by atoms with Crippen LogP contribution < -0.4 is 5.73 Å². The highest BCUT2D eigenvalue weighted by molar-refractivity contribution is 7.98. The van der Waals surface area contributed by atoms with Gasteiger partial charge in [-0.3, -0.25) is 4.79 Å². The van der Waals surface area contributed by atoms with Crippen molar-refractivity contribution in [3.05, 3.63) is 0 Å². The van der Waals surface area contributed by atoms with Crippen LogP contribution in [0.15, 0.2) is 0 Å². The zero-order valence-corrected chi connectivity index (χ0v) is 7.06. The minimum absolute atomic E-state index is 0. The summed E-state index contributed by atoms with van der Waals surface area (Å²) in [5, 5.41) is 0. The zero-order chi connectivity index (χ0) is 6.41. The van der Waals surface area contributed by atoms with E-state index in [1.807, 2.05) is 6.26 Å². The van der Waals surface area contributed by atoms with Crippen LogP contribution in [-0.4, -0.2) is 17.9 Å². The van der Waals surface area contributed by atoms with E-state index < -0.39 is 0 Å². The highest BCUT2D eigenvalue weighted by Crippen LogP contribution is 1.97. The maximum Gasteiger partial charge on any atom is 0.217 e. The first kappa shape index (κ1) is 11.9. The second kappa shape index (κ2) is 8.11. The molecule has 0 aliphatic heterocycles. The van der Waals surface area contributed by atoms with E-state index in [1.54, 1.807) is 11.8 Å². The fourth-order valence-corrected chi connectivity index (χ4v) is 0.824. The molecule has 0 heterocycles. The van der Waals surface area contributed by atoms with Crippen molar-refractivity contribution in [2.24, 2.45) is 5.73 Å². The van der Waals surface area contributed by atoms with Crippen LogP contribution >= 0.6 is 24.2 Å².